The van der Waals surface area contributed by atoms with Crippen molar-refractivity contribution in [3.8, 4) is 17.6 Å². The number of fused-ring (bicyclic) bond motifs is 1. The summed E-state index contributed by atoms with van der Waals surface area (Å²) in [5, 5.41) is 46.2. The summed E-state index contributed by atoms with van der Waals surface area (Å²) in [5.41, 5.74) is 0.492. The molecule has 4 atom stereocenters. The predicted octanol–water partition coefficient (Wildman–Crippen LogP) is 3.52. The van der Waals surface area contributed by atoms with E-state index in [-0.39, 0.29) is 28.9 Å². The van der Waals surface area contributed by atoms with E-state index >= 15 is 0 Å². The lowest BCUT2D eigenvalue weighted by Gasteiger charge is -2.59. The Morgan fingerprint density at radius 2 is 1.97 bits per heavy atom. The lowest BCUT2D eigenvalue weighted by molar-refractivity contribution is -0.153. The van der Waals surface area contributed by atoms with Crippen molar-refractivity contribution in [2.24, 2.45) is 5.92 Å². The second-order valence-electron chi connectivity index (χ2n) is 11.1. The van der Waals surface area contributed by atoms with Crippen LogP contribution in [-0.4, -0.2) is 57.0 Å². The molecule has 2 heterocycles. The molecule has 2 fully saturated rings. The Bertz CT molecular complexity index is 1350. The van der Waals surface area contributed by atoms with Gasteiger partial charge in [0, 0.05) is 23.8 Å². The highest BCUT2D eigenvalue weighted by molar-refractivity contribution is 6.03. The Morgan fingerprint density at radius 1 is 1.24 bits per heavy atom. The number of hydrogen-bond acceptors (Lipinski definition) is 7. The highest BCUT2D eigenvalue weighted by atomic mass is 16.5. The maximum Gasteiger partial charge on any atom is 0.254 e. The second kappa shape index (κ2) is 8.23. The molecule has 2 aliphatic carbocycles. The average molecular weight is 502 g/mol. The van der Waals surface area contributed by atoms with Gasteiger partial charge in [-0.3, -0.25) is 9.69 Å². The van der Waals surface area contributed by atoms with Gasteiger partial charge in [-0.2, -0.15) is 5.26 Å². The van der Waals surface area contributed by atoms with Gasteiger partial charge in [-0.05, 0) is 87.9 Å². The van der Waals surface area contributed by atoms with Crippen LogP contribution in [0.4, 0.5) is 5.69 Å². The van der Waals surface area contributed by atoms with Gasteiger partial charge in [0.15, 0.2) is 17.6 Å². The summed E-state index contributed by atoms with van der Waals surface area (Å²) < 4.78 is 6.26. The van der Waals surface area contributed by atoms with Crippen LogP contribution in [0.5, 0.6) is 11.5 Å². The van der Waals surface area contributed by atoms with Crippen molar-refractivity contribution in [1.29, 1.82) is 5.26 Å². The van der Waals surface area contributed by atoms with E-state index in [4.69, 9.17) is 10.00 Å². The Balaban J connectivity index is 1.39. The summed E-state index contributed by atoms with van der Waals surface area (Å²) in [6, 6.07) is 11.8. The van der Waals surface area contributed by atoms with Gasteiger partial charge in [0.05, 0.1) is 28.2 Å². The van der Waals surface area contributed by atoms with E-state index in [2.05, 4.69) is 10.2 Å². The molecule has 0 radical (unpaired) electrons. The normalized spacial score (nSPS) is 30.5. The van der Waals surface area contributed by atoms with Crippen LogP contribution in [0, 0.1) is 17.2 Å². The number of likely N-dealkylation sites (tertiary alicyclic amines) is 1. The van der Waals surface area contributed by atoms with E-state index < -0.39 is 23.0 Å². The zero-order chi connectivity index (χ0) is 26.1. The molecule has 1 saturated heterocycles. The molecule has 1 saturated carbocycles. The Labute approximate surface area is 215 Å². The number of aromatic hydroxyl groups is 1. The summed E-state index contributed by atoms with van der Waals surface area (Å²) in [4.78, 5) is 15.5. The van der Waals surface area contributed by atoms with Crippen molar-refractivity contribution >= 4 is 11.6 Å². The van der Waals surface area contributed by atoms with Gasteiger partial charge in [0.1, 0.15) is 5.76 Å². The number of phenolic OH excluding ortho intramolecular Hbond substituents is 1. The minimum Gasteiger partial charge on any atom is -0.508 e. The molecule has 1 amide bonds. The number of piperidine rings is 1. The number of aliphatic hydroxyl groups is 2. The summed E-state index contributed by atoms with van der Waals surface area (Å²) in [6.07, 6.45) is 2.55. The largest absolute Gasteiger partial charge is 0.508 e. The van der Waals surface area contributed by atoms with Gasteiger partial charge >= 0.3 is 0 Å². The first-order valence-electron chi connectivity index (χ1n) is 12.9. The lowest BCUT2D eigenvalue weighted by atomic mass is 9.53. The molecule has 2 bridgehead atoms. The van der Waals surface area contributed by atoms with E-state index in [1.807, 2.05) is 19.1 Å². The van der Waals surface area contributed by atoms with Crippen LogP contribution < -0.4 is 10.1 Å². The number of rotatable bonds is 5. The molecule has 8 nitrogen and oxygen atoms in total. The zero-order valence-corrected chi connectivity index (χ0v) is 21.0. The van der Waals surface area contributed by atoms with Crippen molar-refractivity contribution in [2.45, 2.75) is 62.7 Å². The fraction of sp³-hybridized carbons (Fsp3) is 0.448. The van der Waals surface area contributed by atoms with Crippen LogP contribution in [0.25, 0.3) is 0 Å². The molecule has 6 rings (SSSR count). The first-order valence-corrected chi connectivity index (χ1v) is 12.9. The van der Waals surface area contributed by atoms with Gasteiger partial charge < -0.3 is 25.4 Å². The number of benzene rings is 2. The minimum absolute atomic E-state index is 0.0391. The summed E-state index contributed by atoms with van der Waals surface area (Å²) >= 11 is 0. The fourth-order valence-corrected chi connectivity index (χ4v) is 6.74. The standard InChI is InChI=1S/C29H31N3O5/c1-16(27(35)31-20-8-5-17(14-30)6-9-20)24(34)26-29-11-12-32(15-18-3-4-18)22(28(29,2)36)13-19-7-10-21(33)25(37-26)23(19)29/h5-10,18,22,26,33-34,36H,3-4,11-13,15H2,1-2H3,(H,31,35)/b24-16-/t22-,26+,28-,29+/m1/s1. The van der Waals surface area contributed by atoms with Crippen LogP contribution in [0.3, 0.4) is 0 Å². The topological polar surface area (TPSA) is 126 Å². The molecule has 1 spiro atoms. The molecule has 4 aliphatic rings. The van der Waals surface area contributed by atoms with Crippen LogP contribution in [0.2, 0.25) is 0 Å². The van der Waals surface area contributed by atoms with Crippen LogP contribution >= 0.6 is 0 Å². The van der Waals surface area contributed by atoms with Crippen molar-refractivity contribution in [2.75, 3.05) is 18.4 Å². The molecule has 0 unspecified atom stereocenters. The van der Waals surface area contributed by atoms with E-state index in [1.54, 1.807) is 30.3 Å². The van der Waals surface area contributed by atoms with E-state index in [0.717, 1.165) is 24.2 Å². The minimum atomic E-state index is -1.27. The maximum atomic E-state index is 13.1. The number of phenols is 1. The Hall–Kier alpha value is -3.54. The summed E-state index contributed by atoms with van der Waals surface area (Å²) in [7, 11) is 0. The number of nitrogens with one attached hydrogen (secondary N) is 1. The number of ether oxygens (including phenoxy) is 1. The molecule has 0 aromatic heterocycles. The molecule has 4 N–H and O–H groups in total. The molecule has 2 aliphatic heterocycles. The number of aliphatic hydroxyl groups excluding tert-OH is 1. The molecule has 8 heteroatoms. The fourth-order valence-electron chi connectivity index (χ4n) is 6.74. The number of nitrogens with zero attached hydrogens (tertiary/aromatic N) is 2. The lowest BCUT2D eigenvalue weighted by Crippen LogP contribution is -2.73. The number of amides is 1. The predicted molar refractivity (Wildman–Crippen MR) is 136 cm³/mol. The molecule has 2 aromatic carbocycles. The van der Waals surface area contributed by atoms with Crippen LogP contribution in [0.1, 0.15) is 49.8 Å². The highest BCUT2D eigenvalue weighted by Crippen LogP contribution is 2.63. The highest BCUT2D eigenvalue weighted by Gasteiger charge is 2.69. The van der Waals surface area contributed by atoms with Crippen molar-refractivity contribution < 1.29 is 24.9 Å². The third kappa shape index (κ3) is 3.45. The van der Waals surface area contributed by atoms with Crippen molar-refractivity contribution in [1.82, 2.24) is 4.90 Å². The van der Waals surface area contributed by atoms with Crippen molar-refractivity contribution in [3.05, 3.63) is 64.4 Å². The molecule has 2 aromatic rings. The summed E-state index contributed by atoms with van der Waals surface area (Å²) in [6.45, 7) is 5.01. The number of hydrogen-bond donors (Lipinski definition) is 4. The molecular weight excluding hydrogens is 470 g/mol. The average Bonchev–Trinajstić information content (AvgIpc) is 3.62. The van der Waals surface area contributed by atoms with Gasteiger partial charge in [-0.25, -0.2) is 0 Å². The quantitative estimate of drug-likeness (QED) is 0.365. The third-order valence-corrected chi connectivity index (χ3v) is 8.99. The zero-order valence-electron chi connectivity index (χ0n) is 21.0. The van der Waals surface area contributed by atoms with Crippen molar-refractivity contribution in [3.63, 3.8) is 0 Å². The molecular formula is C29H31N3O5. The van der Waals surface area contributed by atoms with Gasteiger partial charge in [-0.1, -0.05) is 6.07 Å². The first kappa shape index (κ1) is 23.8. The third-order valence-electron chi connectivity index (χ3n) is 8.99. The van der Waals surface area contributed by atoms with Crippen LogP contribution in [0.15, 0.2) is 47.7 Å². The Kier molecular flexibility index (Phi) is 5.30. The van der Waals surface area contributed by atoms with E-state index in [9.17, 15) is 20.1 Å². The molecule has 192 valence electrons. The second-order valence-corrected chi connectivity index (χ2v) is 11.1. The summed E-state index contributed by atoms with van der Waals surface area (Å²) in [5.74, 6) is 0.134. The number of carbonyl (C=O) groups is 1. The van der Waals surface area contributed by atoms with Gasteiger partial charge in [-0.15, -0.1) is 0 Å². The van der Waals surface area contributed by atoms with E-state index in [0.29, 0.717) is 30.0 Å². The molecule has 37 heavy (non-hydrogen) atoms. The van der Waals surface area contributed by atoms with Crippen LogP contribution in [-0.2, 0) is 16.6 Å². The van der Waals surface area contributed by atoms with E-state index in [1.165, 1.54) is 19.8 Å². The maximum absolute atomic E-state index is 13.1. The smallest absolute Gasteiger partial charge is 0.254 e. The number of nitriles is 1. The SMILES string of the molecule is C/C(C(=O)Nc1ccc(C#N)cc1)=C(/O)[C@@H]1Oc2c(O)ccc3c2[C@@]12CCN(CC1CC1)[C@H](C3)[C@@]2(C)O. The Morgan fingerprint density at radius 3 is 2.65 bits per heavy atom. The first-order chi connectivity index (χ1) is 17.7. The number of anilines is 1. The van der Waals surface area contributed by atoms with Gasteiger partial charge in [0.25, 0.3) is 5.91 Å². The monoisotopic (exact) mass is 501 g/mol. The number of carbonyl (C=O) groups excluding carboxylic acids is 1. The van der Waals surface area contributed by atoms with Gasteiger partial charge in [0.2, 0.25) is 0 Å².